The number of anilines is 1. The van der Waals surface area contributed by atoms with Gasteiger partial charge in [-0.25, -0.2) is 9.59 Å². The Morgan fingerprint density at radius 3 is 2.12 bits per heavy atom. The quantitative estimate of drug-likeness (QED) is 0.506. The highest BCUT2D eigenvalue weighted by atomic mass is 19.4. The van der Waals surface area contributed by atoms with E-state index in [1.54, 1.807) is 17.7 Å². The molecule has 0 spiro atoms. The van der Waals surface area contributed by atoms with Crippen LogP contribution in [0.15, 0.2) is 48.5 Å². The lowest BCUT2D eigenvalue weighted by molar-refractivity contribution is -0.192. The van der Waals surface area contributed by atoms with Crippen molar-refractivity contribution in [3.63, 3.8) is 0 Å². The van der Waals surface area contributed by atoms with Crippen LogP contribution in [0.5, 0.6) is 0 Å². The maximum Gasteiger partial charge on any atom is 0.490 e. The van der Waals surface area contributed by atoms with Crippen molar-refractivity contribution in [1.29, 1.82) is 0 Å². The SMILES string of the molecule is O=C(O)C(F)(F)F.O=C(O)c1ccccc1NCC1CCN(Cc2ccccc2C2CC2)CC1. The van der Waals surface area contributed by atoms with Gasteiger partial charge in [0.25, 0.3) is 0 Å². The number of para-hydroxylation sites is 1. The maximum atomic E-state index is 11.3. The summed E-state index contributed by atoms with van der Waals surface area (Å²) in [6.07, 6.45) is -0.0627. The van der Waals surface area contributed by atoms with Crippen molar-refractivity contribution in [2.45, 2.75) is 44.3 Å². The summed E-state index contributed by atoms with van der Waals surface area (Å²) in [4.78, 5) is 22.8. The largest absolute Gasteiger partial charge is 0.490 e. The fourth-order valence-corrected chi connectivity index (χ4v) is 4.14. The van der Waals surface area contributed by atoms with Crippen LogP contribution < -0.4 is 5.32 Å². The van der Waals surface area contributed by atoms with E-state index in [4.69, 9.17) is 9.90 Å². The number of alkyl halides is 3. The highest BCUT2D eigenvalue weighted by Crippen LogP contribution is 2.42. The molecule has 3 N–H and O–H groups in total. The Labute approximate surface area is 196 Å². The van der Waals surface area contributed by atoms with Crippen molar-refractivity contribution in [2.75, 3.05) is 25.0 Å². The van der Waals surface area contributed by atoms with Gasteiger partial charge >= 0.3 is 18.1 Å². The normalized spacial score (nSPS) is 16.9. The lowest BCUT2D eigenvalue weighted by Crippen LogP contribution is -2.35. The van der Waals surface area contributed by atoms with E-state index in [1.165, 1.54) is 18.4 Å². The fraction of sp³-hybridized carbons (Fsp3) is 0.440. The number of piperidine rings is 1. The van der Waals surface area contributed by atoms with Crippen molar-refractivity contribution in [2.24, 2.45) is 5.92 Å². The number of likely N-dealkylation sites (tertiary alicyclic amines) is 1. The molecule has 2 aromatic carbocycles. The topological polar surface area (TPSA) is 89.9 Å². The van der Waals surface area contributed by atoms with Gasteiger partial charge in [0, 0.05) is 18.8 Å². The molecule has 4 rings (SSSR count). The number of halogens is 3. The predicted octanol–water partition coefficient (Wildman–Crippen LogP) is 5.22. The Hall–Kier alpha value is -3.07. The molecule has 2 aliphatic rings. The molecule has 2 fully saturated rings. The van der Waals surface area contributed by atoms with Crippen molar-refractivity contribution >= 4 is 17.6 Å². The molecule has 184 valence electrons. The summed E-state index contributed by atoms with van der Waals surface area (Å²) >= 11 is 0. The number of benzene rings is 2. The van der Waals surface area contributed by atoms with Crippen molar-refractivity contribution in [3.8, 4) is 0 Å². The van der Waals surface area contributed by atoms with E-state index >= 15 is 0 Å². The second kappa shape index (κ2) is 11.4. The summed E-state index contributed by atoms with van der Waals surface area (Å²) in [5.74, 6) is -2.23. The number of carboxylic acid groups (broad SMARTS) is 2. The van der Waals surface area contributed by atoms with Gasteiger partial charge in [0.15, 0.2) is 0 Å². The van der Waals surface area contributed by atoms with Crippen LogP contribution in [0.2, 0.25) is 0 Å². The summed E-state index contributed by atoms with van der Waals surface area (Å²) in [6, 6.07) is 16.1. The molecule has 0 aromatic heterocycles. The first-order valence-electron chi connectivity index (χ1n) is 11.3. The third-order valence-electron chi connectivity index (χ3n) is 6.15. The van der Waals surface area contributed by atoms with Crippen LogP contribution in [0.4, 0.5) is 18.9 Å². The van der Waals surface area contributed by atoms with Gasteiger partial charge in [0.05, 0.1) is 5.56 Å². The first kappa shape index (κ1) is 25.6. The summed E-state index contributed by atoms with van der Waals surface area (Å²) in [5, 5.41) is 19.8. The molecule has 1 saturated heterocycles. The van der Waals surface area contributed by atoms with Crippen LogP contribution in [0.3, 0.4) is 0 Å². The molecule has 0 unspecified atom stereocenters. The molecular weight excluding hydrogens is 449 g/mol. The molecule has 1 heterocycles. The van der Waals surface area contributed by atoms with Gasteiger partial charge in [0.2, 0.25) is 0 Å². The molecule has 0 atom stereocenters. The van der Waals surface area contributed by atoms with Gasteiger partial charge in [-0.05, 0) is 73.9 Å². The molecule has 0 amide bonds. The molecule has 1 saturated carbocycles. The summed E-state index contributed by atoms with van der Waals surface area (Å²) < 4.78 is 31.7. The second-order valence-corrected chi connectivity index (χ2v) is 8.73. The zero-order valence-electron chi connectivity index (χ0n) is 18.7. The lowest BCUT2D eigenvalue weighted by atomic mass is 9.95. The Bertz CT molecular complexity index is 984. The number of hydrogen-bond donors (Lipinski definition) is 3. The van der Waals surface area contributed by atoms with E-state index in [1.807, 2.05) is 12.1 Å². The number of hydrogen-bond acceptors (Lipinski definition) is 4. The van der Waals surface area contributed by atoms with Crippen molar-refractivity contribution < 1.29 is 33.0 Å². The number of carboxylic acids is 2. The van der Waals surface area contributed by atoms with E-state index in [0.29, 0.717) is 11.5 Å². The van der Waals surface area contributed by atoms with Crippen LogP contribution in [-0.4, -0.2) is 52.9 Å². The second-order valence-electron chi connectivity index (χ2n) is 8.73. The molecule has 0 radical (unpaired) electrons. The summed E-state index contributed by atoms with van der Waals surface area (Å²) in [5.41, 5.74) is 4.15. The van der Waals surface area contributed by atoms with Gasteiger partial charge in [-0.2, -0.15) is 13.2 Å². The molecule has 0 bridgehead atoms. The Morgan fingerprint density at radius 2 is 1.53 bits per heavy atom. The van der Waals surface area contributed by atoms with Gasteiger partial charge < -0.3 is 15.5 Å². The zero-order chi connectivity index (χ0) is 24.7. The van der Waals surface area contributed by atoms with Gasteiger partial charge in [-0.1, -0.05) is 36.4 Å². The van der Waals surface area contributed by atoms with E-state index in [2.05, 4.69) is 34.5 Å². The van der Waals surface area contributed by atoms with Crippen LogP contribution in [-0.2, 0) is 11.3 Å². The minimum absolute atomic E-state index is 0.353. The standard InChI is InChI=1S/C23H28N2O2.C2HF3O2/c26-23(27)21-7-3-4-8-22(21)24-15-17-11-13-25(14-12-17)16-19-5-1-2-6-20(19)18-9-10-18;3-2(4,5)1(6)7/h1-8,17-18,24H,9-16H2,(H,26,27);(H,6,7). The van der Waals surface area contributed by atoms with Gasteiger partial charge in [-0.3, -0.25) is 4.90 Å². The number of nitrogens with one attached hydrogen (secondary N) is 1. The Morgan fingerprint density at radius 1 is 0.941 bits per heavy atom. The van der Waals surface area contributed by atoms with Gasteiger partial charge in [-0.15, -0.1) is 0 Å². The smallest absolute Gasteiger partial charge is 0.478 e. The van der Waals surface area contributed by atoms with Crippen LogP contribution in [0.1, 0.15) is 53.1 Å². The minimum atomic E-state index is -5.08. The lowest BCUT2D eigenvalue weighted by Gasteiger charge is -2.32. The molecule has 1 aliphatic heterocycles. The summed E-state index contributed by atoms with van der Waals surface area (Å²) in [7, 11) is 0. The fourth-order valence-electron chi connectivity index (χ4n) is 4.14. The van der Waals surface area contributed by atoms with Crippen LogP contribution >= 0.6 is 0 Å². The highest BCUT2D eigenvalue weighted by molar-refractivity contribution is 5.94. The average molecular weight is 479 g/mol. The average Bonchev–Trinajstić information content (AvgIpc) is 3.64. The van der Waals surface area contributed by atoms with Crippen LogP contribution in [0.25, 0.3) is 0 Å². The van der Waals surface area contributed by atoms with E-state index in [9.17, 15) is 23.1 Å². The molecule has 9 heteroatoms. The first-order chi connectivity index (χ1) is 16.1. The van der Waals surface area contributed by atoms with Crippen LogP contribution in [0, 0.1) is 5.92 Å². The molecular formula is C25H29F3N2O4. The zero-order valence-corrected chi connectivity index (χ0v) is 18.7. The first-order valence-corrected chi connectivity index (χ1v) is 11.3. The molecule has 1 aliphatic carbocycles. The van der Waals surface area contributed by atoms with Gasteiger partial charge in [0.1, 0.15) is 0 Å². The number of aliphatic carboxylic acids is 1. The number of carbonyl (C=O) groups is 2. The molecule has 2 aromatic rings. The third-order valence-corrected chi connectivity index (χ3v) is 6.15. The third kappa shape index (κ3) is 7.48. The molecule has 6 nitrogen and oxygen atoms in total. The monoisotopic (exact) mass is 478 g/mol. The number of aromatic carboxylic acids is 1. The van der Waals surface area contributed by atoms with Crippen molar-refractivity contribution in [1.82, 2.24) is 4.90 Å². The Balaban J connectivity index is 0.000000406. The van der Waals surface area contributed by atoms with Crippen molar-refractivity contribution in [3.05, 3.63) is 65.2 Å². The molecule has 34 heavy (non-hydrogen) atoms. The number of nitrogens with zero attached hydrogens (tertiary/aromatic N) is 1. The number of rotatable bonds is 7. The summed E-state index contributed by atoms with van der Waals surface area (Å²) in [6.45, 7) is 4.14. The minimum Gasteiger partial charge on any atom is -0.478 e. The maximum absolute atomic E-state index is 11.3. The highest BCUT2D eigenvalue weighted by Gasteiger charge is 2.38. The van der Waals surface area contributed by atoms with E-state index in [0.717, 1.165) is 50.6 Å². The van der Waals surface area contributed by atoms with E-state index < -0.39 is 18.1 Å². The predicted molar refractivity (Wildman–Crippen MR) is 122 cm³/mol. The van der Waals surface area contributed by atoms with E-state index in [-0.39, 0.29) is 0 Å². The Kier molecular flexibility index (Phi) is 8.55.